The molecule has 1 saturated heterocycles. The molecule has 0 aromatic heterocycles. The highest BCUT2D eigenvalue weighted by atomic mass is 16.6. The normalized spacial score (nSPS) is 42.9. The van der Waals surface area contributed by atoms with Gasteiger partial charge in [-0.3, -0.25) is 4.90 Å². The largest absolute Gasteiger partial charge is 0.493 e. The van der Waals surface area contributed by atoms with Crippen LogP contribution in [0.1, 0.15) is 77.3 Å². The molecule has 2 spiro atoms. The van der Waals surface area contributed by atoms with Crippen LogP contribution in [0.5, 0.6) is 11.5 Å². The highest BCUT2D eigenvalue weighted by molar-refractivity contribution is 5.63. The fraction of sp³-hybridized carbons (Fsp3) is 0.800. The van der Waals surface area contributed by atoms with Gasteiger partial charge in [-0.2, -0.15) is 0 Å². The molecule has 5 fully saturated rings. The van der Waals surface area contributed by atoms with E-state index in [0.29, 0.717) is 6.04 Å². The molecule has 2 aliphatic heterocycles. The summed E-state index contributed by atoms with van der Waals surface area (Å²) in [4.78, 5) is 2.86. The van der Waals surface area contributed by atoms with Crippen molar-refractivity contribution in [3.8, 4) is 11.5 Å². The molecule has 1 aromatic rings. The van der Waals surface area contributed by atoms with Crippen molar-refractivity contribution in [1.29, 1.82) is 0 Å². The Balaban J connectivity index is 1.48. The van der Waals surface area contributed by atoms with Crippen molar-refractivity contribution in [3.63, 3.8) is 0 Å². The number of rotatable bonds is 5. The standard InChI is InChI=1S/C30H43NO4/c1-26(2,3)27(4,32)21-16-28-11-12-30(21,34-6)25-29(28)13-14-31(17-18-7-8-18)22(28)15-19-9-10-20(33-5)24(35-25)23(19)29/h9-10,18,21-22,25,32H,7-8,11-17H2,1-6H3/t21-,22-,25-,27+,28+,29+,30+/m1/s1. The van der Waals surface area contributed by atoms with E-state index < -0.39 is 11.2 Å². The number of fused-ring (bicyclic) bond motifs is 2. The third kappa shape index (κ3) is 2.47. The lowest BCUT2D eigenvalue weighted by atomic mass is 9.33. The Bertz CT molecular complexity index is 1070. The minimum atomic E-state index is -0.879. The molecule has 0 amide bonds. The average molecular weight is 482 g/mol. The Hall–Kier alpha value is -1.30. The van der Waals surface area contributed by atoms with Crippen molar-refractivity contribution < 1.29 is 19.3 Å². The quantitative estimate of drug-likeness (QED) is 0.660. The maximum Gasteiger partial charge on any atom is 0.165 e. The van der Waals surface area contributed by atoms with Crippen molar-refractivity contribution in [2.45, 2.75) is 101 Å². The van der Waals surface area contributed by atoms with Gasteiger partial charge in [0.1, 0.15) is 11.7 Å². The van der Waals surface area contributed by atoms with Crippen LogP contribution >= 0.6 is 0 Å². The Labute approximate surface area is 210 Å². The summed E-state index contributed by atoms with van der Waals surface area (Å²) in [6.07, 6.45) is 8.00. The highest BCUT2D eigenvalue weighted by Gasteiger charge is 2.82. The Morgan fingerprint density at radius 3 is 2.54 bits per heavy atom. The van der Waals surface area contributed by atoms with Crippen molar-refractivity contribution in [2.75, 3.05) is 27.3 Å². The first kappa shape index (κ1) is 22.9. The first-order valence-electron chi connectivity index (χ1n) is 13.9. The Morgan fingerprint density at radius 2 is 1.89 bits per heavy atom. The summed E-state index contributed by atoms with van der Waals surface area (Å²) in [5.41, 5.74) is 1.26. The highest BCUT2D eigenvalue weighted by Crippen LogP contribution is 2.78. The van der Waals surface area contributed by atoms with Crippen molar-refractivity contribution in [1.82, 2.24) is 4.90 Å². The predicted molar refractivity (Wildman–Crippen MR) is 135 cm³/mol. The lowest BCUT2D eigenvalue weighted by molar-refractivity contribution is -0.312. The maximum absolute atomic E-state index is 12.3. The number of likely N-dealkylation sites (tertiary alicyclic amines) is 1. The average Bonchev–Trinajstić information content (AvgIpc) is 3.56. The molecule has 192 valence electrons. The maximum atomic E-state index is 12.3. The summed E-state index contributed by atoms with van der Waals surface area (Å²) in [6.45, 7) is 11.0. The summed E-state index contributed by atoms with van der Waals surface area (Å²) in [5.74, 6) is 2.71. The zero-order chi connectivity index (χ0) is 24.6. The summed E-state index contributed by atoms with van der Waals surface area (Å²) < 4.78 is 19.6. The van der Waals surface area contributed by atoms with Gasteiger partial charge in [0.15, 0.2) is 11.5 Å². The van der Waals surface area contributed by atoms with E-state index in [-0.39, 0.29) is 28.3 Å². The van der Waals surface area contributed by atoms with Gasteiger partial charge in [0.25, 0.3) is 0 Å². The molecule has 5 nitrogen and oxygen atoms in total. The SMILES string of the molecule is COc1ccc2c3c1O[C@H]1[C@]4(OC)CC[C@]5(C[C@@H]4[C@](C)(O)C(C)(C)C)[C@@H](C2)N(CC2CC2)CC[C@]315. The van der Waals surface area contributed by atoms with Gasteiger partial charge in [-0.05, 0) is 81.4 Å². The lowest BCUT2D eigenvalue weighted by Crippen LogP contribution is -2.83. The van der Waals surface area contributed by atoms with Gasteiger partial charge in [0, 0.05) is 42.0 Å². The van der Waals surface area contributed by atoms with E-state index in [4.69, 9.17) is 14.2 Å². The molecule has 5 aliphatic carbocycles. The van der Waals surface area contributed by atoms with E-state index in [0.717, 1.165) is 56.1 Å². The molecule has 0 unspecified atom stereocenters. The van der Waals surface area contributed by atoms with E-state index in [1.165, 1.54) is 30.5 Å². The third-order valence-electron chi connectivity index (χ3n) is 12.1. The number of hydrogen-bond donors (Lipinski definition) is 1. The minimum absolute atomic E-state index is 0.0112. The number of hydrogen-bond acceptors (Lipinski definition) is 5. The molecule has 7 atom stereocenters. The number of nitrogens with zero attached hydrogens (tertiary/aromatic N) is 1. The van der Waals surface area contributed by atoms with Crippen LogP contribution in [-0.4, -0.2) is 60.7 Å². The van der Waals surface area contributed by atoms with E-state index in [2.05, 4.69) is 44.7 Å². The van der Waals surface area contributed by atoms with Crippen LogP contribution in [0, 0.1) is 22.7 Å². The molecule has 8 rings (SSSR count). The van der Waals surface area contributed by atoms with Crippen molar-refractivity contribution in [2.24, 2.45) is 22.7 Å². The monoisotopic (exact) mass is 481 g/mol. The zero-order valence-corrected chi connectivity index (χ0v) is 22.4. The van der Waals surface area contributed by atoms with E-state index >= 15 is 0 Å². The fourth-order valence-electron chi connectivity index (χ4n) is 9.73. The van der Waals surface area contributed by atoms with Crippen LogP contribution in [0.15, 0.2) is 12.1 Å². The molecular formula is C30H43NO4. The zero-order valence-electron chi connectivity index (χ0n) is 22.4. The van der Waals surface area contributed by atoms with Gasteiger partial charge >= 0.3 is 0 Å². The number of aliphatic hydroxyl groups is 1. The second-order valence-electron chi connectivity index (χ2n) is 14.0. The van der Waals surface area contributed by atoms with Crippen LogP contribution in [0.4, 0.5) is 0 Å². The minimum Gasteiger partial charge on any atom is -0.493 e. The molecule has 2 heterocycles. The summed E-state index contributed by atoms with van der Waals surface area (Å²) in [7, 11) is 3.63. The van der Waals surface area contributed by atoms with Crippen LogP contribution < -0.4 is 9.47 Å². The lowest BCUT2D eigenvalue weighted by Gasteiger charge is -2.75. The second kappa shape index (κ2) is 6.76. The third-order valence-corrected chi connectivity index (χ3v) is 12.1. The Kier molecular flexibility index (Phi) is 4.42. The molecule has 7 aliphatic rings. The number of ether oxygens (including phenoxy) is 3. The van der Waals surface area contributed by atoms with Crippen LogP contribution in [0.2, 0.25) is 0 Å². The van der Waals surface area contributed by atoms with E-state index in [1.54, 1.807) is 7.11 Å². The van der Waals surface area contributed by atoms with Gasteiger partial charge in [-0.1, -0.05) is 26.8 Å². The van der Waals surface area contributed by atoms with Crippen LogP contribution in [-0.2, 0) is 16.6 Å². The topological polar surface area (TPSA) is 51.2 Å². The van der Waals surface area contributed by atoms with Crippen molar-refractivity contribution >= 4 is 0 Å². The van der Waals surface area contributed by atoms with Gasteiger partial charge in [0.05, 0.1) is 12.7 Å². The number of methoxy groups -OCH3 is 2. The van der Waals surface area contributed by atoms with Crippen molar-refractivity contribution in [3.05, 3.63) is 23.3 Å². The molecule has 0 radical (unpaired) electrons. The van der Waals surface area contributed by atoms with Gasteiger partial charge in [0.2, 0.25) is 0 Å². The second-order valence-corrected chi connectivity index (χ2v) is 14.0. The van der Waals surface area contributed by atoms with Crippen LogP contribution in [0.25, 0.3) is 0 Å². The molecule has 1 aromatic carbocycles. The molecule has 35 heavy (non-hydrogen) atoms. The molecule has 5 heteroatoms. The van der Waals surface area contributed by atoms with E-state index in [9.17, 15) is 5.11 Å². The number of piperidine rings is 1. The first-order chi connectivity index (χ1) is 16.6. The van der Waals surface area contributed by atoms with Gasteiger partial charge in [-0.15, -0.1) is 0 Å². The molecular weight excluding hydrogens is 438 g/mol. The smallest absolute Gasteiger partial charge is 0.165 e. The summed E-state index contributed by atoms with van der Waals surface area (Å²) in [5, 5.41) is 12.3. The first-order valence-corrected chi connectivity index (χ1v) is 13.9. The van der Waals surface area contributed by atoms with Crippen LogP contribution in [0.3, 0.4) is 0 Å². The fourth-order valence-corrected chi connectivity index (χ4v) is 9.73. The molecule has 4 bridgehead atoms. The predicted octanol–water partition coefficient (Wildman–Crippen LogP) is 4.72. The summed E-state index contributed by atoms with van der Waals surface area (Å²) in [6, 6.07) is 4.93. The Morgan fingerprint density at radius 1 is 1.11 bits per heavy atom. The number of benzene rings is 1. The van der Waals surface area contributed by atoms with Gasteiger partial charge in [-0.25, -0.2) is 0 Å². The molecule has 1 N–H and O–H groups in total. The van der Waals surface area contributed by atoms with Gasteiger partial charge < -0.3 is 19.3 Å². The van der Waals surface area contributed by atoms with E-state index in [1.807, 2.05) is 7.11 Å². The summed E-state index contributed by atoms with van der Waals surface area (Å²) >= 11 is 0. The molecule has 4 saturated carbocycles.